The van der Waals surface area contributed by atoms with Crippen LogP contribution in [0.2, 0.25) is 0 Å². The number of hydrogen-bond donors (Lipinski definition) is 0. The smallest absolute Gasteiger partial charge is 0.0548 e. The summed E-state index contributed by atoms with van der Waals surface area (Å²) in [7, 11) is 0. The molecule has 0 radical (unpaired) electrons. The van der Waals surface area contributed by atoms with Crippen LogP contribution in [0.1, 0.15) is 0 Å². The summed E-state index contributed by atoms with van der Waals surface area (Å²) >= 11 is 0. The fourth-order valence-electron chi connectivity index (χ4n) is 8.42. The molecule has 9 aromatic carbocycles. The Balaban J connectivity index is 1.28. The van der Waals surface area contributed by atoms with Crippen molar-refractivity contribution in [2.45, 2.75) is 0 Å². The van der Waals surface area contributed by atoms with Crippen LogP contribution in [0.15, 0.2) is 194 Å². The molecule has 242 valence electrons. The molecule has 0 N–H and O–H groups in total. The molecule has 0 aliphatic carbocycles. The molecule has 0 fully saturated rings. The first-order valence-electron chi connectivity index (χ1n) is 17.9. The molecular weight excluding hydrogens is 629 g/mol. The van der Waals surface area contributed by atoms with Crippen molar-refractivity contribution in [3.05, 3.63) is 194 Å². The Morgan fingerprint density at radius 1 is 0.250 bits per heavy atom. The molecular formula is C50H32N2. The van der Waals surface area contributed by atoms with Crippen LogP contribution in [-0.4, -0.2) is 9.13 Å². The highest BCUT2D eigenvalue weighted by atomic mass is 15.0. The van der Waals surface area contributed by atoms with Gasteiger partial charge in [-0.2, -0.15) is 0 Å². The van der Waals surface area contributed by atoms with Crippen LogP contribution < -0.4 is 0 Å². The molecule has 0 saturated heterocycles. The van der Waals surface area contributed by atoms with Crippen LogP contribution in [0.5, 0.6) is 0 Å². The maximum atomic E-state index is 2.47. The Hall–Kier alpha value is -6.90. The van der Waals surface area contributed by atoms with Crippen molar-refractivity contribution in [1.29, 1.82) is 0 Å². The summed E-state index contributed by atoms with van der Waals surface area (Å²) in [5.74, 6) is 0. The van der Waals surface area contributed by atoms with E-state index in [1.165, 1.54) is 87.4 Å². The van der Waals surface area contributed by atoms with Crippen molar-refractivity contribution in [2.75, 3.05) is 0 Å². The summed E-state index contributed by atoms with van der Waals surface area (Å²) in [5.41, 5.74) is 12.0. The summed E-state index contributed by atoms with van der Waals surface area (Å²) in [5, 5.41) is 10.00. The quantitative estimate of drug-likeness (QED) is 0.178. The van der Waals surface area contributed by atoms with Crippen molar-refractivity contribution in [3.8, 4) is 33.6 Å². The minimum atomic E-state index is 1.16. The third-order valence-electron chi connectivity index (χ3n) is 10.9. The Kier molecular flexibility index (Phi) is 6.28. The summed E-state index contributed by atoms with van der Waals surface area (Å²) in [6, 6.07) is 71.1. The molecule has 0 spiro atoms. The first-order valence-corrected chi connectivity index (χ1v) is 17.9. The molecule has 0 atom stereocenters. The van der Waals surface area contributed by atoms with Gasteiger partial charge in [0.25, 0.3) is 0 Å². The third kappa shape index (κ3) is 4.38. The van der Waals surface area contributed by atoms with Crippen molar-refractivity contribution in [3.63, 3.8) is 0 Å². The molecule has 2 aromatic heterocycles. The second kappa shape index (κ2) is 11.3. The summed E-state index contributed by atoms with van der Waals surface area (Å²) in [4.78, 5) is 0. The number of rotatable bonds is 4. The van der Waals surface area contributed by atoms with Gasteiger partial charge in [0.05, 0.1) is 22.1 Å². The first kappa shape index (κ1) is 28.9. The minimum Gasteiger partial charge on any atom is -0.309 e. The Morgan fingerprint density at radius 2 is 0.654 bits per heavy atom. The number of benzene rings is 9. The Bertz CT molecular complexity index is 2950. The maximum Gasteiger partial charge on any atom is 0.0548 e. The SMILES string of the molecule is c1ccc(-c2ccc3c4c5c6ccc(-c7ccccc7)cc6n(-c6ccc7ccccc7c6)c5ccc4n(-c4ccc5ccccc5c4)c3c2)cc1. The molecule has 2 heterocycles. The fraction of sp³-hybridized carbons (Fsp3) is 0. The van der Waals surface area contributed by atoms with Crippen molar-refractivity contribution in [1.82, 2.24) is 9.13 Å². The zero-order valence-electron chi connectivity index (χ0n) is 28.4. The lowest BCUT2D eigenvalue weighted by Gasteiger charge is -2.11. The van der Waals surface area contributed by atoms with E-state index in [4.69, 9.17) is 0 Å². The molecule has 11 aromatic rings. The second-order valence-electron chi connectivity index (χ2n) is 13.8. The van der Waals surface area contributed by atoms with E-state index in [0.717, 1.165) is 11.4 Å². The zero-order chi connectivity index (χ0) is 34.2. The molecule has 0 aliphatic heterocycles. The van der Waals surface area contributed by atoms with Crippen LogP contribution in [0.3, 0.4) is 0 Å². The highest BCUT2D eigenvalue weighted by molar-refractivity contribution is 6.29. The van der Waals surface area contributed by atoms with Crippen molar-refractivity contribution in [2.24, 2.45) is 0 Å². The number of hydrogen-bond acceptors (Lipinski definition) is 0. The van der Waals surface area contributed by atoms with E-state index in [0.29, 0.717) is 0 Å². The van der Waals surface area contributed by atoms with Gasteiger partial charge >= 0.3 is 0 Å². The zero-order valence-corrected chi connectivity index (χ0v) is 28.4. The molecule has 0 amide bonds. The summed E-state index contributed by atoms with van der Waals surface area (Å²) < 4.78 is 4.95. The van der Waals surface area contributed by atoms with Gasteiger partial charge in [-0.1, -0.05) is 146 Å². The average Bonchev–Trinajstić information content (AvgIpc) is 3.73. The molecule has 2 nitrogen and oxygen atoms in total. The molecule has 0 bridgehead atoms. The molecule has 0 unspecified atom stereocenters. The molecule has 0 saturated carbocycles. The molecule has 11 rings (SSSR count). The molecule has 52 heavy (non-hydrogen) atoms. The summed E-state index contributed by atoms with van der Waals surface area (Å²) in [6.45, 7) is 0. The van der Waals surface area contributed by atoms with Crippen LogP contribution >= 0.6 is 0 Å². The number of nitrogens with zero attached hydrogens (tertiary/aromatic N) is 2. The van der Waals surface area contributed by atoms with Crippen molar-refractivity contribution < 1.29 is 0 Å². The van der Waals surface area contributed by atoms with Crippen LogP contribution in [0, 0.1) is 0 Å². The van der Waals surface area contributed by atoms with Gasteiger partial charge in [-0.3, -0.25) is 0 Å². The van der Waals surface area contributed by atoms with E-state index in [9.17, 15) is 0 Å². The lowest BCUT2D eigenvalue weighted by molar-refractivity contribution is 1.18. The third-order valence-corrected chi connectivity index (χ3v) is 10.9. The van der Waals surface area contributed by atoms with E-state index in [1.54, 1.807) is 0 Å². The summed E-state index contributed by atoms with van der Waals surface area (Å²) in [6.07, 6.45) is 0. The molecule has 0 aliphatic rings. The lowest BCUT2D eigenvalue weighted by Crippen LogP contribution is -1.95. The van der Waals surface area contributed by atoms with E-state index in [1.807, 2.05) is 0 Å². The van der Waals surface area contributed by atoms with E-state index >= 15 is 0 Å². The normalized spacial score (nSPS) is 11.8. The van der Waals surface area contributed by atoms with Gasteiger partial charge in [0, 0.05) is 32.9 Å². The van der Waals surface area contributed by atoms with Gasteiger partial charge in [0.1, 0.15) is 0 Å². The highest BCUT2D eigenvalue weighted by Crippen LogP contribution is 2.44. The molecule has 2 heteroatoms. The van der Waals surface area contributed by atoms with Gasteiger partial charge < -0.3 is 9.13 Å². The number of fused-ring (bicyclic) bond motifs is 9. The average molecular weight is 661 g/mol. The largest absolute Gasteiger partial charge is 0.309 e. The van der Waals surface area contributed by atoms with Crippen LogP contribution in [-0.2, 0) is 0 Å². The monoisotopic (exact) mass is 660 g/mol. The van der Waals surface area contributed by atoms with Gasteiger partial charge in [0.2, 0.25) is 0 Å². The van der Waals surface area contributed by atoms with E-state index in [-0.39, 0.29) is 0 Å². The lowest BCUT2D eigenvalue weighted by atomic mass is 10.0. The van der Waals surface area contributed by atoms with Crippen molar-refractivity contribution >= 4 is 65.2 Å². The first-order chi connectivity index (χ1) is 25.8. The Morgan fingerprint density at radius 3 is 1.10 bits per heavy atom. The van der Waals surface area contributed by atoms with E-state index < -0.39 is 0 Å². The predicted molar refractivity (Wildman–Crippen MR) is 221 cm³/mol. The van der Waals surface area contributed by atoms with Crippen LogP contribution in [0.4, 0.5) is 0 Å². The van der Waals surface area contributed by atoms with Gasteiger partial charge in [-0.15, -0.1) is 0 Å². The van der Waals surface area contributed by atoms with Gasteiger partial charge in [-0.05, 0) is 92.3 Å². The number of aromatic nitrogens is 2. The van der Waals surface area contributed by atoms with Crippen LogP contribution in [0.25, 0.3) is 98.8 Å². The topological polar surface area (TPSA) is 9.86 Å². The highest BCUT2D eigenvalue weighted by Gasteiger charge is 2.22. The predicted octanol–water partition coefficient (Wildman–Crippen LogP) is 13.5. The minimum absolute atomic E-state index is 1.16. The fourth-order valence-corrected chi connectivity index (χ4v) is 8.42. The van der Waals surface area contributed by atoms with Gasteiger partial charge in [-0.25, -0.2) is 0 Å². The van der Waals surface area contributed by atoms with E-state index in [2.05, 4.69) is 203 Å². The standard InChI is InChI=1S/C50H32N2/c1-3-11-33(12-4-1)39-21-25-43-47(31-39)51(41-23-19-35-15-7-9-17-37(35)29-41)45-27-28-46-50(49(43)45)44-26-22-40(34-13-5-2-6-14-34)32-48(44)52(46)42-24-20-36-16-8-10-18-38(36)30-42/h1-32H. The van der Waals surface area contributed by atoms with Gasteiger partial charge in [0.15, 0.2) is 0 Å². The Labute approximate surface area is 301 Å². The second-order valence-corrected chi connectivity index (χ2v) is 13.8. The maximum absolute atomic E-state index is 2.47.